The highest BCUT2D eigenvalue weighted by molar-refractivity contribution is 7.98. The van der Waals surface area contributed by atoms with E-state index in [1.54, 1.807) is 70.4 Å². The molecule has 0 saturated heterocycles. The van der Waals surface area contributed by atoms with Crippen LogP contribution in [0.1, 0.15) is 76.0 Å². The van der Waals surface area contributed by atoms with Crippen molar-refractivity contribution < 1.29 is 13.2 Å². The summed E-state index contributed by atoms with van der Waals surface area (Å²) < 4.78 is 40.2. The molecule has 6 N–H and O–H groups in total. The first-order chi connectivity index (χ1) is 35.1. The van der Waals surface area contributed by atoms with Crippen LogP contribution in [0.5, 0.6) is 0 Å². The molecule has 0 aliphatic heterocycles. The molecule has 7 heterocycles. The number of pyridine rings is 1. The zero-order chi connectivity index (χ0) is 52.0. The van der Waals surface area contributed by atoms with Gasteiger partial charge in [-0.2, -0.15) is 4.39 Å². The normalized spacial score (nSPS) is 11.0. The second kappa shape index (κ2) is 26.3. The summed E-state index contributed by atoms with van der Waals surface area (Å²) in [4.78, 5) is 47.2. The van der Waals surface area contributed by atoms with E-state index < -0.39 is 5.95 Å². The van der Waals surface area contributed by atoms with Gasteiger partial charge < -0.3 is 17.2 Å². The maximum absolute atomic E-state index is 13.5. The van der Waals surface area contributed by atoms with Gasteiger partial charge in [0.15, 0.2) is 15.5 Å². The molecule has 2 aromatic carbocycles. The van der Waals surface area contributed by atoms with Crippen molar-refractivity contribution in [1.29, 1.82) is 0 Å². The van der Waals surface area contributed by atoms with Crippen LogP contribution < -0.4 is 17.2 Å². The van der Waals surface area contributed by atoms with Crippen molar-refractivity contribution >= 4 is 86.7 Å². The lowest BCUT2D eigenvalue weighted by Crippen LogP contribution is -1.97. The van der Waals surface area contributed by atoms with Crippen LogP contribution >= 0.6 is 69.3 Å². The van der Waals surface area contributed by atoms with Crippen molar-refractivity contribution in [3.63, 3.8) is 0 Å². The number of thioether (sulfide) groups is 3. The number of aromatic nitrogens is 10. The summed E-state index contributed by atoms with van der Waals surface area (Å²) >= 11 is 9.35. The molecule has 22 heteroatoms. The van der Waals surface area contributed by atoms with Gasteiger partial charge in [-0.15, -0.1) is 34.0 Å². The zero-order valence-corrected chi connectivity index (χ0v) is 45.7. The summed E-state index contributed by atoms with van der Waals surface area (Å²) in [5.74, 6) is 2.40. The van der Waals surface area contributed by atoms with Gasteiger partial charge in [0.1, 0.15) is 44.1 Å². The van der Waals surface area contributed by atoms with Gasteiger partial charge in [0.05, 0.1) is 17.1 Å². The molecule has 0 aliphatic rings. The van der Waals surface area contributed by atoms with E-state index in [9.17, 15) is 13.2 Å². The van der Waals surface area contributed by atoms with Crippen LogP contribution in [0.3, 0.4) is 0 Å². The van der Waals surface area contributed by atoms with Gasteiger partial charge in [-0.3, -0.25) is 0 Å². The molecule has 7 aromatic heterocycles. The monoisotopic (exact) mass is 1100 g/mol. The largest absolute Gasteiger partial charge is 0.384 e. The van der Waals surface area contributed by atoms with Crippen LogP contribution in [-0.2, 0) is 36.5 Å². The number of nitrogens with two attached hydrogens (primary N) is 3. The van der Waals surface area contributed by atoms with Crippen LogP contribution in [0.4, 0.5) is 30.6 Å². The number of hydrogen-bond donors (Lipinski definition) is 3. The summed E-state index contributed by atoms with van der Waals surface area (Å²) in [6.45, 7) is 12.0. The zero-order valence-electron chi connectivity index (χ0n) is 40.8. The summed E-state index contributed by atoms with van der Waals surface area (Å²) in [5.41, 5.74) is 25.2. The van der Waals surface area contributed by atoms with E-state index in [2.05, 4.69) is 60.6 Å². The van der Waals surface area contributed by atoms with Crippen LogP contribution in [-0.4, -0.2) is 49.8 Å². The smallest absolute Gasteiger partial charge is 0.213 e. The van der Waals surface area contributed by atoms with Crippen molar-refractivity contribution in [2.45, 2.75) is 100.0 Å². The maximum atomic E-state index is 13.5. The van der Waals surface area contributed by atoms with Crippen molar-refractivity contribution in [1.82, 2.24) is 49.8 Å². The molecule has 9 rings (SSSR count). The minimum Gasteiger partial charge on any atom is -0.384 e. The Morgan fingerprint density at radius 1 is 0.466 bits per heavy atom. The highest BCUT2D eigenvalue weighted by Crippen LogP contribution is 2.35. The predicted octanol–water partition coefficient (Wildman–Crippen LogP) is 13.2. The lowest BCUT2D eigenvalue weighted by molar-refractivity contribution is 0.584. The SMILES string of the molecule is CCCc1sc(-c2cccc(F)c2)nc1CSc1nc(C)cc(N)n1.CCc1sc(-c2cccc(F)c2)nc1CSc1nc(C)cc(N)n1.CCc1sc(-c2ccnc(F)c2)nc1CSc1nc(C)cc(N)n1. The Morgan fingerprint density at radius 2 is 0.849 bits per heavy atom. The fourth-order valence-corrected chi connectivity index (χ4v) is 13.0. The maximum Gasteiger partial charge on any atom is 0.213 e. The summed E-state index contributed by atoms with van der Waals surface area (Å²) in [6, 6.07) is 21.5. The minimum atomic E-state index is -0.500. The van der Waals surface area contributed by atoms with Gasteiger partial charge in [0.2, 0.25) is 5.95 Å². The van der Waals surface area contributed by atoms with Crippen molar-refractivity contribution in [2.24, 2.45) is 0 Å². The number of thiazole rings is 3. The number of nitrogens with zero attached hydrogens (tertiary/aromatic N) is 10. The summed E-state index contributed by atoms with van der Waals surface area (Å²) in [5, 5.41) is 4.43. The lowest BCUT2D eigenvalue weighted by Gasteiger charge is -2.03. The highest BCUT2D eigenvalue weighted by atomic mass is 32.2. The van der Waals surface area contributed by atoms with Crippen LogP contribution in [0.25, 0.3) is 31.7 Å². The number of halogens is 3. The molecule has 13 nitrogen and oxygen atoms in total. The number of anilines is 3. The third-order valence-electron chi connectivity index (χ3n) is 10.1. The molecule has 0 aliphatic carbocycles. The molecule has 0 spiro atoms. The molecule has 73 heavy (non-hydrogen) atoms. The molecule has 0 radical (unpaired) electrons. The Morgan fingerprint density at radius 3 is 1.21 bits per heavy atom. The number of benzene rings is 2. The van der Waals surface area contributed by atoms with Gasteiger partial charge in [0, 0.05) is 96.1 Å². The van der Waals surface area contributed by atoms with Gasteiger partial charge in [-0.25, -0.2) is 58.6 Å². The van der Waals surface area contributed by atoms with Gasteiger partial charge in [0.25, 0.3) is 0 Å². The topological polar surface area (TPSA) is 207 Å². The summed E-state index contributed by atoms with van der Waals surface area (Å²) in [7, 11) is 0. The fourth-order valence-electron chi connectivity index (χ4n) is 6.90. The first kappa shape index (κ1) is 54.7. The minimum absolute atomic E-state index is 0.246. The number of hydrogen-bond acceptors (Lipinski definition) is 19. The fraction of sp³-hybridized carbons (Fsp3) is 0.255. The molecule has 0 amide bonds. The first-order valence-electron chi connectivity index (χ1n) is 23.0. The molecule has 0 fully saturated rings. The third-order valence-corrected chi connectivity index (χ3v) is 16.5. The molecule has 0 unspecified atom stereocenters. The molecular formula is C51H52F3N13S6. The van der Waals surface area contributed by atoms with E-state index in [1.807, 2.05) is 32.9 Å². The molecule has 0 saturated carbocycles. The van der Waals surface area contributed by atoms with E-state index in [4.69, 9.17) is 27.2 Å². The van der Waals surface area contributed by atoms with Crippen LogP contribution in [0, 0.1) is 38.4 Å². The van der Waals surface area contributed by atoms with Gasteiger partial charge in [-0.1, -0.05) is 86.7 Å². The standard InChI is InChI=1S/C18H19FN4S2.C17H17FN4S2.C16H16FN5S2/c1-3-5-15-14(10-24-18-21-11(2)8-16(20)23-18)22-17(25-15)12-6-4-7-13(19)9-12;1-3-14-13(9-23-17-20-10(2)7-15(19)22-17)21-16(24-14)11-5-4-6-12(18)8-11;1-3-12-11(8-23-16-20-9(2)6-14(18)22-16)21-15(24-12)10-4-5-19-13(17)7-10/h4,6-9H,3,5,10H2,1-2H3,(H2,20,21,23);4-8H,3,9H2,1-2H3,(H2,19,20,22);4-7H,3,8H2,1-2H3,(H2,18,20,22). The summed E-state index contributed by atoms with van der Waals surface area (Å²) in [6.07, 6.45) is 5.21. The van der Waals surface area contributed by atoms with Crippen molar-refractivity contribution in [2.75, 3.05) is 17.2 Å². The van der Waals surface area contributed by atoms with E-state index in [0.29, 0.717) is 50.2 Å². The predicted molar refractivity (Wildman–Crippen MR) is 295 cm³/mol. The lowest BCUT2D eigenvalue weighted by atomic mass is 10.2. The average Bonchev–Trinajstić information content (AvgIpc) is 4.09. The van der Waals surface area contributed by atoms with Gasteiger partial charge in [-0.05, 0) is 70.4 Å². The van der Waals surface area contributed by atoms with Crippen LogP contribution in [0.15, 0.2) is 101 Å². The van der Waals surface area contributed by atoms with E-state index in [-0.39, 0.29) is 11.6 Å². The Balaban J connectivity index is 0.000000160. The molecular weight excluding hydrogens is 1040 g/mol. The number of nitrogen functional groups attached to an aromatic ring is 3. The van der Waals surface area contributed by atoms with E-state index >= 15 is 0 Å². The second-order valence-electron chi connectivity index (χ2n) is 16.0. The Bertz CT molecular complexity index is 3090. The Labute approximate surface area is 447 Å². The Hall–Kier alpha value is -6.04. The quantitative estimate of drug-likeness (QED) is 0.0467. The number of rotatable bonds is 16. The van der Waals surface area contributed by atoms with E-state index in [0.717, 1.165) is 91.6 Å². The second-order valence-corrected chi connectivity index (χ2v) is 22.1. The third kappa shape index (κ3) is 16.0. The Kier molecular flexibility index (Phi) is 19.7. The first-order valence-corrected chi connectivity index (χ1v) is 28.4. The highest BCUT2D eigenvalue weighted by Gasteiger charge is 2.17. The van der Waals surface area contributed by atoms with Gasteiger partial charge >= 0.3 is 0 Å². The van der Waals surface area contributed by atoms with E-state index in [1.165, 1.54) is 86.4 Å². The number of aryl methyl sites for hydroxylation is 6. The molecule has 0 bridgehead atoms. The van der Waals surface area contributed by atoms with Crippen molar-refractivity contribution in [3.05, 3.63) is 151 Å². The molecule has 9 aromatic rings. The van der Waals surface area contributed by atoms with Crippen molar-refractivity contribution in [3.8, 4) is 31.7 Å². The molecule has 378 valence electrons. The average molecular weight is 1100 g/mol. The van der Waals surface area contributed by atoms with Crippen LogP contribution in [0.2, 0.25) is 0 Å². The molecule has 0 atom stereocenters.